The van der Waals surface area contributed by atoms with Gasteiger partial charge in [-0.05, 0) is 43.3 Å². The highest BCUT2D eigenvalue weighted by atomic mass is 19.4. The summed E-state index contributed by atoms with van der Waals surface area (Å²) in [6, 6.07) is 12.0. The van der Waals surface area contributed by atoms with Crippen molar-refractivity contribution in [2.45, 2.75) is 13.1 Å². The fourth-order valence-electron chi connectivity index (χ4n) is 2.30. The Morgan fingerprint density at radius 3 is 2.35 bits per heavy atom. The van der Waals surface area contributed by atoms with Crippen LogP contribution in [0.1, 0.15) is 12.5 Å². The number of benzene rings is 2. The highest BCUT2D eigenvalue weighted by Gasteiger charge is 2.30. The van der Waals surface area contributed by atoms with E-state index in [1.54, 1.807) is 25.1 Å². The van der Waals surface area contributed by atoms with Crippen LogP contribution in [0.4, 0.5) is 18.9 Å². The third-order valence-corrected chi connectivity index (χ3v) is 3.34. The second-order valence-electron chi connectivity index (χ2n) is 5.19. The van der Waals surface area contributed by atoms with Gasteiger partial charge in [-0.3, -0.25) is 5.41 Å². The van der Waals surface area contributed by atoms with Crippen molar-refractivity contribution in [2.75, 3.05) is 5.32 Å². The normalized spacial score (nSPS) is 11.7. The van der Waals surface area contributed by atoms with Crippen molar-refractivity contribution in [1.82, 2.24) is 0 Å². The molecule has 0 saturated heterocycles. The van der Waals surface area contributed by atoms with E-state index in [1.807, 2.05) is 6.07 Å². The third-order valence-electron chi connectivity index (χ3n) is 3.34. The second-order valence-corrected chi connectivity index (χ2v) is 5.19. The predicted molar refractivity (Wildman–Crippen MR) is 83.7 cm³/mol. The average Bonchev–Trinajstić information content (AvgIpc) is 2.89. The van der Waals surface area contributed by atoms with E-state index in [0.29, 0.717) is 22.7 Å². The van der Waals surface area contributed by atoms with Crippen LogP contribution in [0.15, 0.2) is 52.9 Å². The standard InChI is InChI=1S/C17H13F3N2O/c1-10(21)22-14-6-7-15-12(8-14)9-16(23-15)11-2-4-13(5-3-11)17(18,19)20/h2-9H,1H3,(H2,21,22). The summed E-state index contributed by atoms with van der Waals surface area (Å²) < 4.78 is 43.4. The molecule has 0 aliphatic heterocycles. The van der Waals surface area contributed by atoms with Crippen molar-refractivity contribution in [3.05, 3.63) is 54.1 Å². The number of hydrogen-bond donors (Lipinski definition) is 2. The van der Waals surface area contributed by atoms with E-state index < -0.39 is 11.7 Å². The molecule has 0 aliphatic rings. The smallest absolute Gasteiger partial charge is 0.416 e. The Balaban J connectivity index is 1.95. The molecular weight excluding hydrogens is 305 g/mol. The number of halogens is 3. The first-order valence-corrected chi connectivity index (χ1v) is 6.86. The Labute approximate surface area is 130 Å². The van der Waals surface area contributed by atoms with Crippen LogP contribution in [0.25, 0.3) is 22.3 Å². The zero-order chi connectivity index (χ0) is 16.6. The summed E-state index contributed by atoms with van der Waals surface area (Å²) in [7, 11) is 0. The van der Waals surface area contributed by atoms with Gasteiger partial charge in [-0.25, -0.2) is 0 Å². The van der Waals surface area contributed by atoms with Gasteiger partial charge in [-0.1, -0.05) is 12.1 Å². The quantitative estimate of drug-likeness (QED) is 0.482. The van der Waals surface area contributed by atoms with Crippen molar-refractivity contribution in [3.8, 4) is 11.3 Å². The average molecular weight is 318 g/mol. The number of fused-ring (bicyclic) bond motifs is 1. The van der Waals surface area contributed by atoms with Gasteiger partial charge in [0.1, 0.15) is 11.3 Å². The first kappa shape index (κ1) is 15.1. The van der Waals surface area contributed by atoms with Crippen LogP contribution < -0.4 is 5.32 Å². The second kappa shape index (κ2) is 5.46. The number of rotatable bonds is 2. The zero-order valence-electron chi connectivity index (χ0n) is 12.2. The molecule has 1 aromatic heterocycles. The van der Waals surface area contributed by atoms with E-state index >= 15 is 0 Å². The maximum absolute atomic E-state index is 12.6. The molecule has 0 unspecified atom stereocenters. The van der Waals surface area contributed by atoms with Crippen LogP contribution in [0, 0.1) is 5.41 Å². The molecule has 0 fully saturated rings. The molecule has 3 nitrogen and oxygen atoms in total. The summed E-state index contributed by atoms with van der Waals surface area (Å²) in [6.07, 6.45) is -4.35. The Hall–Kier alpha value is -2.76. The number of anilines is 1. The molecule has 1 heterocycles. The van der Waals surface area contributed by atoms with Gasteiger partial charge in [0.05, 0.1) is 11.4 Å². The van der Waals surface area contributed by atoms with Gasteiger partial charge >= 0.3 is 6.18 Å². The minimum atomic E-state index is -4.35. The van der Waals surface area contributed by atoms with Gasteiger partial charge in [-0.15, -0.1) is 0 Å². The maximum atomic E-state index is 12.6. The van der Waals surface area contributed by atoms with Gasteiger partial charge in [0.25, 0.3) is 0 Å². The summed E-state index contributed by atoms with van der Waals surface area (Å²) in [4.78, 5) is 0. The fourth-order valence-corrected chi connectivity index (χ4v) is 2.30. The molecule has 0 amide bonds. The van der Waals surface area contributed by atoms with Gasteiger partial charge in [0.15, 0.2) is 0 Å². The van der Waals surface area contributed by atoms with Crippen LogP contribution in [0.2, 0.25) is 0 Å². The minimum absolute atomic E-state index is 0.316. The van der Waals surface area contributed by atoms with E-state index in [9.17, 15) is 13.2 Å². The summed E-state index contributed by atoms with van der Waals surface area (Å²) in [6.45, 7) is 1.63. The maximum Gasteiger partial charge on any atom is 0.416 e. The highest BCUT2D eigenvalue weighted by Crippen LogP contribution is 2.33. The number of alkyl halides is 3. The molecule has 0 spiro atoms. The van der Waals surface area contributed by atoms with Crippen LogP contribution >= 0.6 is 0 Å². The largest absolute Gasteiger partial charge is 0.456 e. The van der Waals surface area contributed by atoms with E-state index in [2.05, 4.69) is 5.32 Å². The molecule has 2 N–H and O–H groups in total. The Morgan fingerprint density at radius 1 is 1.04 bits per heavy atom. The molecule has 3 rings (SSSR count). The van der Waals surface area contributed by atoms with Gasteiger partial charge in [0.2, 0.25) is 0 Å². The lowest BCUT2D eigenvalue weighted by atomic mass is 10.1. The first-order valence-electron chi connectivity index (χ1n) is 6.86. The van der Waals surface area contributed by atoms with Gasteiger partial charge < -0.3 is 9.73 Å². The molecule has 0 aliphatic carbocycles. The van der Waals surface area contributed by atoms with Crippen LogP contribution in [0.3, 0.4) is 0 Å². The lowest BCUT2D eigenvalue weighted by Crippen LogP contribution is -2.04. The van der Waals surface area contributed by atoms with Gasteiger partial charge in [0, 0.05) is 16.6 Å². The molecule has 118 valence electrons. The Bertz CT molecular complexity index is 864. The van der Waals surface area contributed by atoms with E-state index in [4.69, 9.17) is 9.83 Å². The molecule has 0 saturated carbocycles. The molecule has 0 bridgehead atoms. The summed E-state index contributed by atoms with van der Waals surface area (Å²) in [5, 5.41) is 11.1. The van der Waals surface area contributed by atoms with Crippen molar-refractivity contribution in [1.29, 1.82) is 5.41 Å². The summed E-state index contributed by atoms with van der Waals surface area (Å²) in [5.74, 6) is 0.813. The number of furan rings is 1. The lowest BCUT2D eigenvalue weighted by Gasteiger charge is -2.06. The van der Waals surface area contributed by atoms with Crippen molar-refractivity contribution in [2.24, 2.45) is 0 Å². The summed E-state index contributed by atoms with van der Waals surface area (Å²) >= 11 is 0. The van der Waals surface area contributed by atoms with Crippen molar-refractivity contribution in [3.63, 3.8) is 0 Å². The third kappa shape index (κ3) is 3.21. The van der Waals surface area contributed by atoms with Crippen molar-refractivity contribution >= 4 is 22.5 Å². The SMILES string of the molecule is CC(=N)Nc1ccc2oc(-c3ccc(C(F)(F)F)cc3)cc2c1. The van der Waals surface area contributed by atoms with E-state index in [0.717, 1.165) is 23.2 Å². The number of nitrogens with one attached hydrogen (secondary N) is 2. The Kier molecular flexibility index (Phi) is 3.60. The molecule has 23 heavy (non-hydrogen) atoms. The topological polar surface area (TPSA) is 49.0 Å². The number of hydrogen-bond acceptors (Lipinski definition) is 2. The van der Waals surface area contributed by atoms with E-state index in [-0.39, 0.29) is 0 Å². The monoisotopic (exact) mass is 318 g/mol. The molecule has 3 aromatic rings. The predicted octanol–water partition coefficient (Wildman–Crippen LogP) is 5.53. The Morgan fingerprint density at radius 2 is 1.74 bits per heavy atom. The minimum Gasteiger partial charge on any atom is -0.456 e. The number of amidine groups is 1. The molecule has 2 aromatic carbocycles. The summed E-state index contributed by atoms with van der Waals surface area (Å²) in [5.41, 5.74) is 1.27. The molecular formula is C17H13F3N2O. The fraction of sp³-hybridized carbons (Fsp3) is 0.118. The zero-order valence-corrected chi connectivity index (χ0v) is 12.2. The molecule has 0 atom stereocenters. The van der Waals surface area contributed by atoms with Crippen LogP contribution in [0.5, 0.6) is 0 Å². The molecule has 6 heteroatoms. The van der Waals surface area contributed by atoms with E-state index in [1.165, 1.54) is 12.1 Å². The highest BCUT2D eigenvalue weighted by molar-refractivity contribution is 5.94. The van der Waals surface area contributed by atoms with Gasteiger partial charge in [-0.2, -0.15) is 13.2 Å². The molecule has 0 radical (unpaired) electrons. The van der Waals surface area contributed by atoms with Crippen LogP contribution in [-0.2, 0) is 6.18 Å². The first-order chi connectivity index (χ1) is 10.8. The van der Waals surface area contributed by atoms with Crippen LogP contribution in [-0.4, -0.2) is 5.84 Å². The lowest BCUT2D eigenvalue weighted by molar-refractivity contribution is -0.137. The van der Waals surface area contributed by atoms with Crippen molar-refractivity contribution < 1.29 is 17.6 Å².